The highest BCUT2D eigenvalue weighted by molar-refractivity contribution is 5.94. The molecule has 0 heterocycles. The molecule has 0 aromatic heterocycles. The Morgan fingerprint density at radius 1 is 1.22 bits per heavy atom. The van der Waals surface area contributed by atoms with Gasteiger partial charge in [-0.1, -0.05) is 19.9 Å². The number of halogens is 2. The van der Waals surface area contributed by atoms with Crippen LogP contribution in [0.2, 0.25) is 0 Å². The number of nitrogens with one attached hydrogen (secondary N) is 2. The molecule has 1 aromatic rings. The molecule has 0 bridgehead atoms. The number of para-hydroxylation sites is 1. The first kappa shape index (κ1) is 14.1. The van der Waals surface area contributed by atoms with E-state index in [0.717, 1.165) is 12.1 Å². The summed E-state index contributed by atoms with van der Waals surface area (Å²) in [4.78, 5) is 22.6. The molecule has 0 fully saturated rings. The van der Waals surface area contributed by atoms with E-state index in [1.807, 2.05) is 0 Å². The van der Waals surface area contributed by atoms with Crippen LogP contribution in [0.25, 0.3) is 0 Å². The summed E-state index contributed by atoms with van der Waals surface area (Å²) >= 11 is 0. The lowest BCUT2D eigenvalue weighted by atomic mass is 10.2. The molecule has 1 rings (SSSR count). The summed E-state index contributed by atoms with van der Waals surface area (Å²) in [7, 11) is 0. The molecule has 0 saturated heterocycles. The minimum atomic E-state index is -0.862. The van der Waals surface area contributed by atoms with E-state index in [9.17, 15) is 18.4 Å². The fraction of sp³-hybridized carbons (Fsp3) is 0.333. The Hall–Kier alpha value is -1.98. The fourth-order valence-electron chi connectivity index (χ4n) is 1.17. The van der Waals surface area contributed by atoms with Gasteiger partial charge in [-0.05, 0) is 12.1 Å². The van der Waals surface area contributed by atoms with Gasteiger partial charge in [0.2, 0.25) is 11.8 Å². The summed E-state index contributed by atoms with van der Waals surface area (Å²) in [6.07, 6.45) is 0. The molecule has 0 aliphatic heterocycles. The van der Waals surface area contributed by atoms with Gasteiger partial charge in [0.25, 0.3) is 0 Å². The molecule has 0 aliphatic rings. The Morgan fingerprint density at radius 2 is 1.78 bits per heavy atom. The zero-order valence-corrected chi connectivity index (χ0v) is 10.1. The second-order valence-electron chi connectivity index (χ2n) is 4.02. The summed E-state index contributed by atoms with van der Waals surface area (Å²) in [6.45, 7) is 3.01. The van der Waals surface area contributed by atoms with Gasteiger partial charge in [0.15, 0.2) is 0 Å². The van der Waals surface area contributed by atoms with Crippen molar-refractivity contribution in [1.82, 2.24) is 5.32 Å². The van der Waals surface area contributed by atoms with Crippen LogP contribution in [-0.4, -0.2) is 18.4 Å². The van der Waals surface area contributed by atoms with Gasteiger partial charge >= 0.3 is 0 Å². The number of hydrogen-bond donors (Lipinski definition) is 2. The van der Waals surface area contributed by atoms with Crippen LogP contribution < -0.4 is 10.6 Å². The predicted octanol–water partition coefficient (Wildman–Crippen LogP) is 1.68. The SMILES string of the molecule is CC(C)C(=O)NCC(=O)Nc1c(F)cccc1F. The molecule has 6 heteroatoms. The van der Waals surface area contributed by atoms with Gasteiger partial charge in [0, 0.05) is 5.92 Å². The first-order valence-corrected chi connectivity index (χ1v) is 5.43. The Balaban J connectivity index is 2.58. The van der Waals surface area contributed by atoms with Gasteiger partial charge in [0.1, 0.15) is 17.3 Å². The minimum absolute atomic E-state index is 0.261. The Kier molecular flexibility index (Phi) is 4.76. The van der Waals surface area contributed by atoms with Crippen molar-refractivity contribution in [2.75, 3.05) is 11.9 Å². The van der Waals surface area contributed by atoms with Crippen molar-refractivity contribution >= 4 is 17.5 Å². The third-order valence-corrected chi connectivity index (χ3v) is 2.17. The fourth-order valence-corrected chi connectivity index (χ4v) is 1.17. The van der Waals surface area contributed by atoms with Gasteiger partial charge in [-0.3, -0.25) is 9.59 Å². The van der Waals surface area contributed by atoms with Crippen LogP contribution in [0.4, 0.5) is 14.5 Å². The second kappa shape index (κ2) is 6.09. The molecule has 0 radical (unpaired) electrons. The smallest absolute Gasteiger partial charge is 0.243 e. The summed E-state index contributed by atoms with van der Waals surface area (Å²) in [5, 5.41) is 4.41. The van der Waals surface area contributed by atoms with Crippen molar-refractivity contribution in [3.8, 4) is 0 Å². The first-order chi connectivity index (χ1) is 8.41. The van der Waals surface area contributed by atoms with E-state index >= 15 is 0 Å². The number of amides is 2. The summed E-state index contributed by atoms with van der Waals surface area (Å²) in [5.41, 5.74) is -0.513. The zero-order valence-electron chi connectivity index (χ0n) is 10.1. The van der Waals surface area contributed by atoms with Gasteiger partial charge < -0.3 is 10.6 Å². The Labute approximate surface area is 103 Å². The van der Waals surface area contributed by atoms with E-state index in [1.165, 1.54) is 6.07 Å². The molecule has 0 spiro atoms. The predicted molar refractivity (Wildman–Crippen MR) is 62.8 cm³/mol. The number of carbonyl (C=O) groups is 2. The van der Waals surface area contributed by atoms with Crippen LogP contribution in [0, 0.1) is 17.6 Å². The topological polar surface area (TPSA) is 58.2 Å². The lowest BCUT2D eigenvalue weighted by molar-refractivity contribution is -0.126. The maximum absolute atomic E-state index is 13.2. The van der Waals surface area contributed by atoms with Crippen LogP contribution in [0.1, 0.15) is 13.8 Å². The van der Waals surface area contributed by atoms with Crippen LogP contribution in [0.15, 0.2) is 18.2 Å². The number of carbonyl (C=O) groups excluding carboxylic acids is 2. The molecule has 0 saturated carbocycles. The second-order valence-corrected chi connectivity index (χ2v) is 4.02. The zero-order chi connectivity index (χ0) is 13.7. The highest BCUT2D eigenvalue weighted by Crippen LogP contribution is 2.17. The molecule has 18 heavy (non-hydrogen) atoms. The molecule has 4 nitrogen and oxygen atoms in total. The maximum atomic E-state index is 13.2. The quantitative estimate of drug-likeness (QED) is 0.861. The minimum Gasteiger partial charge on any atom is -0.347 e. The van der Waals surface area contributed by atoms with Gasteiger partial charge in [0.05, 0.1) is 6.54 Å². The summed E-state index contributed by atoms with van der Waals surface area (Å²) in [5.74, 6) is -2.98. The van der Waals surface area contributed by atoms with Crippen molar-refractivity contribution in [1.29, 1.82) is 0 Å². The maximum Gasteiger partial charge on any atom is 0.243 e. The molecular weight excluding hydrogens is 242 g/mol. The largest absolute Gasteiger partial charge is 0.347 e. The van der Waals surface area contributed by atoms with Crippen molar-refractivity contribution in [3.63, 3.8) is 0 Å². The third-order valence-electron chi connectivity index (χ3n) is 2.17. The Morgan fingerprint density at radius 3 is 2.28 bits per heavy atom. The van der Waals surface area contributed by atoms with E-state index in [2.05, 4.69) is 10.6 Å². The van der Waals surface area contributed by atoms with Crippen LogP contribution in [0.3, 0.4) is 0 Å². The van der Waals surface area contributed by atoms with E-state index in [4.69, 9.17) is 0 Å². The number of hydrogen-bond acceptors (Lipinski definition) is 2. The average molecular weight is 256 g/mol. The molecule has 2 amide bonds. The lowest BCUT2D eigenvalue weighted by Gasteiger charge is -2.09. The molecule has 0 atom stereocenters. The Bertz CT molecular complexity index is 441. The highest BCUT2D eigenvalue weighted by Gasteiger charge is 2.13. The van der Waals surface area contributed by atoms with E-state index in [1.54, 1.807) is 13.8 Å². The van der Waals surface area contributed by atoms with Crippen LogP contribution in [0.5, 0.6) is 0 Å². The molecule has 0 unspecified atom stereocenters. The molecular formula is C12H14F2N2O2. The normalized spacial score (nSPS) is 10.3. The highest BCUT2D eigenvalue weighted by atomic mass is 19.1. The molecule has 98 valence electrons. The van der Waals surface area contributed by atoms with Crippen molar-refractivity contribution in [2.45, 2.75) is 13.8 Å². The van der Waals surface area contributed by atoms with Gasteiger partial charge in [-0.15, -0.1) is 0 Å². The van der Waals surface area contributed by atoms with E-state index in [0.29, 0.717) is 0 Å². The van der Waals surface area contributed by atoms with Crippen molar-refractivity contribution in [2.24, 2.45) is 5.92 Å². The van der Waals surface area contributed by atoms with E-state index in [-0.39, 0.29) is 18.4 Å². The van der Waals surface area contributed by atoms with Gasteiger partial charge in [-0.25, -0.2) is 8.78 Å². The number of benzene rings is 1. The first-order valence-electron chi connectivity index (χ1n) is 5.43. The monoisotopic (exact) mass is 256 g/mol. The standard InChI is InChI=1S/C12H14F2N2O2/c1-7(2)12(18)15-6-10(17)16-11-8(13)4-3-5-9(11)14/h3-5,7H,6H2,1-2H3,(H,15,18)(H,16,17). The average Bonchev–Trinajstić information content (AvgIpc) is 2.30. The van der Waals surface area contributed by atoms with Crippen molar-refractivity contribution < 1.29 is 18.4 Å². The molecule has 0 aliphatic carbocycles. The summed E-state index contributed by atoms with van der Waals surface area (Å²) in [6, 6.07) is 3.26. The third kappa shape index (κ3) is 3.80. The lowest BCUT2D eigenvalue weighted by Crippen LogP contribution is -2.35. The van der Waals surface area contributed by atoms with Crippen molar-refractivity contribution in [3.05, 3.63) is 29.8 Å². The van der Waals surface area contributed by atoms with Crippen LogP contribution in [-0.2, 0) is 9.59 Å². The summed E-state index contributed by atoms with van der Waals surface area (Å²) < 4.78 is 26.4. The molecule has 2 N–H and O–H groups in total. The van der Waals surface area contributed by atoms with Crippen LogP contribution >= 0.6 is 0 Å². The number of anilines is 1. The van der Waals surface area contributed by atoms with E-state index < -0.39 is 23.2 Å². The number of rotatable bonds is 4. The van der Waals surface area contributed by atoms with Gasteiger partial charge in [-0.2, -0.15) is 0 Å². The molecule has 1 aromatic carbocycles.